The molecule has 14 heavy (non-hydrogen) atoms. The number of nitrogens with two attached hydrogens (primary N) is 1. The zero-order chi connectivity index (χ0) is 10.6. The maximum atomic E-state index is 10.5. The summed E-state index contributed by atoms with van der Waals surface area (Å²) in [5.41, 5.74) is 6.38. The smallest absolute Gasteiger partial charge is 0.322 e. The molecule has 1 unspecified atom stereocenters. The molecule has 0 saturated carbocycles. The molecule has 1 aromatic carbocycles. The third kappa shape index (κ3) is 2.74. The van der Waals surface area contributed by atoms with Gasteiger partial charge in [0.15, 0.2) is 0 Å². The number of rotatable bonds is 4. The first kappa shape index (κ1) is 10.5. The lowest BCUT2D eigenvalue weighted by Crippen LogP contribution is -2.41. The summed E-state index contributed by atoms with van der Waals surface area (Å²) in [6.45, 7) is 0.305. The Labute approximate surface area is 82.9 Å². The van der Waals surface area contributed by atoms with Crippen molar-refractivity contribution in [3.63, 3.8) is 0 Å². The molecule has 0 aliphatic carbocycles. The van der Waals surface area contributed by atoms with E-state index >= 15 is 0 Å². The monoisotopic (exact) mass is 194 g/mol. The van der Waals surface area contributed by atoms with Crippen molar-refractivity contribution in [2.45, 2.75) is 6.04 Å². The maximum Gasteiger partial charge on any atom is 0.322 e. The number of hydrogen-bond donors (Lipinski definition) is 2. The molecule has 4 heteroatoms. The molecule has 76 valence electrons. The number of carboxylic acids is 1. The molecule has 0 fully saturated rings. The highest BCUT2D eigenvalue weighted by Crippen LogP contribution is 2.10. The number of aliphatic carboxylic acids is 1. The molecule has 0 aliphatic heterocycles. The van der Waals surface area contributed by atoms with Gasteiger partial charge < -0.3 is 15.7 Å². The van der Waals surface area contributed by atoms with Crippen molar-refractivity contribution in [3.8, 4) is 0 Å². The average molecular weight is 194 g/mol. The minimum atomic E-state index is -0.979. The minimum absolute atomic E-state index is 0.305. The van der Waals surface area contributed by atoms with E-state index in [1.165, 1.54) is 0 Å². The van der Waals surface area contributed by atoms with Crippen LogP contribution < -0.4 is 10.6 Å². The van der Waals surface area contributed by atoms with Crippen LogP contribution in [0, 0.1) is 0 Å². The van der Waals surface area contributed by atoms with E-state index in [4.69, 9.17) is 10.8 Å². The second-order valence-corrected chi connectivity index (χ2v) is 3.16. The summed E-state index contributed by atoms with van der Waals surface area (Å²) in [6.07, 6.45) is 0. The second kappa shape index (κ2) is 4.62. The van der Waals surface area contributed by atoms with Crippen LogP contribution in [0.25, 0.3) is 0 Å². The number of anilines is 1. The Morgan fingerprint density at radius 3 is 2.57 bits per heavy atom. The average Bonchev–Trinajstić information content (AvgIpc) is 2.19. The van der Waals surface area contributed by atoms with Gasteiger partial charge in [-0.1, -0.05) is 18.2 Å². The minimum Gasteiger partial charge on any atom is -0.480 e. The summed E-state index contributed by atoms with van der Waals surface area (Å²) in [7, 11) is 1.82. The Morgan fingerprint density at radius 2 is 2.07 bits per heavy atom. The number of carboxylic acid groups (broad SMARTS) is 1. The van der Waals surface area contributed by atoms with Crippen molar-refractivity contribution in [1.82, 2.24) is 0 Å². The van der Waals surface area contributed by atoms with Gasteiger partial charge in [0.1, 0.15) is 6.04 Å². The van der Waals surface area contributed by atoms with E-state index in [0.29, 0.717) is 6.54 Å². The molecule has 0 heterocycles. The van der Waals surface area contributed by atoms with Gasteiger partial charge in [0, 0.05) is 19.3 Å². The molecular weight excluding hydrogens is 180 g/mol. The molecule has 4 nitrogen and oxygen atoms in total. The Hall–Kier alpha value is -1.55. The lowest BCUT2D eigenvalue weighted by atomic mass is 10.2. The molecule has 0 bridgehead atoms. The molecule has 0 radical (unpaired) electrons. The van der Waals surface area contributed by atoms with Crippen molar-refractivity contribution in [3.05, 3.63) is 30.3 Å². The molecule has 0 saturated heterocycles. The van der Waals surface area contributed by atoms with Crippen LogP contribution in [0.2, 0.25) is 0 Å². The van der Waals surface area contributed by atoms with E-state index < -0.39 is 12.0 Å². The SMILES string of the molecule is CN(CC(N)C(=O)O)c1ccccc1. The highest BCUT2D eigenvalue weighted by atomic mass is 16.4. The van der Waals surface area contributed by atoms with E-state index in [1.54, 1.807) is 0 Å². The normalized spacial score (nSPS) is 12.1. The Balaban J connectivity index is 2.59. The molecule has 0 amide bonds. The second-order valence-electron chi connectivity index (χ2n) is 3.16. The Kier molecular flexibility index (Phi) is 3.48. The van der Waals surface area contributed by atoms with Gasteiger partial charge in [-0.2, -0.15) is 0 Å². The van der Waals surface area contributed by atoms with Gasteiger partial charge in [0.2, 0.25) is 0 Å². The van der Waals surface area contributed by atoms with Crippen molar-refractivity contribution >= 4 is 11.7 Å². The fraction of sp³-hybridized carbons (Fsp3) is 0.300. The molecular formula is C10H14N2O2. The summed E-state index contributed by atoms with van der Waals surface area (Å²) >= 11 is 0. The van der Waals surface area contributed by atoms with Crippen LogP contribution >= 0.6 is 0 Å². The van der Waals surface area contributed by atoms with Crippen molar-refractivity contribution in [2.75, 3.05) is 18.5 Å². The van der Waals surface area contributed by atoms with Crippen LogP contribution in [0.15, 0.2) is 30.3 Å². The number of nitrogens with zero attached hydrogens (tertiary/aromatic N) is 1. The largest absolute Gasteiger partial charge is 0.480 e. The molecule has 1 rings (SSSR count). The van der Waals surface area contributed by atoms with Gasteiger partial charge >= 0.3 is 5.97 Å². The summed E-state index contributed by atoms with van der Waals surface area (Å²) in [5, 5.41) is 8.63. The van der Waals surface area contributed by atoms with Crippen LogP contribution in [0.5, 0.6) is 0 Å². The number of hydrogen-bond acceptors (Lipinski definition) is 3. The predicted octanol–water partition coefficient (Wildman–Crippen LogP) is 0.535. The van der Waals surface area contributed by atoms with Gasteiger partial charge in [0.25, 0.3) is 0 Å². The third-order valence-corrected chi connectivity index (χ3v) is 1.98. The predicted molar refractivity (Wildman–Crippen MR) is 55.3 cm³/mol. The van der Waals surface area contributed by atoms with Gasteiger partial charge in [-0.15, -0.1) is 0 Å². The zero-order valence-corrected chi connectivity index (χ0v) is 8.05. The highest BCUT2D eigenvalue weighted by Gasteiger charge is 2.13. The topological polar surface area (TPSA) is 66.6 Å². The van der Waals surface area contributed by atoms with E-state index in [1.807, 2.05) is 42.3 Å². The van der Waals surface area contributed by atoms with Crippen LogP contribution in [0.1, 0.15) is 0 Å². The van der Waals surface area contributed by atoms with Crippen LogP contribution in [0.3, 0.4) is 0 Å². The van der Waals surface area contributed by atoms with E-state index in [0.717, 1.165) is 5.69 Å². The molecule has 1 atom stereocenters. The quantitative estimate of drug-likeness (QED) is 0.734. The Bertz CT molecular complexity index is 300. The molecule has 0 aliphatic rings. The van der Waals surface area contributed by atoms with E-state index in [2.05, 4.69) is 0 Å². The number of para-hydroxylation sites is 1. The van der Waals surface area contributed by atoms with E-state index in [-0.39, 0.29) is 0 Å². The van der Waals surface area contributed by atoms with Crippen molar-refractivity contribution in [2.24, 2.45) is 5.73 Å². The summed E-state index contributed by atoms with van der Waals surface area (Å²) in [4.78, 5) is 12.3. The van der Waals surface area contributed by atoms with Gasteiger partial charge in [0.05, 0.1) is 0 Å². The fourth-order valence-electron chi connectivity index (χ4n) is 1.16. The van der Waals surface area contributed by atoms with Crippen LogP contribution in [-0.2, 0) is 4.79 Å². The summed E-state index contributed by atoms with van der Waals surface area (Å²) in [6, 6.07) is 8.69. The third-order valence-electron chi connectivity index (χ3n) is 1.98. The van der Waals surface area contributed by atoms with Crippen LogP contribution in [-0.4, -0.2) is 30.7 Å². The Morgan fingerprint density at radius 1 is 1.50 bits per heavy atom. The highest BCUT2D eigenvalue weighted by molar-refractivity contribution is 5.74. The van der Waals surface area contributed by atoms with E-state index in [9.17, 15) is 4.79 Å². The standard InChI is InChI=1S/C10H14N2O2/c1-12(7-9(11)10(13)14)8-5-3-2-4-6-8/h2-6,9H,7,11H2,1H3,(H,13,14). The van der Waals surface area contributed by atoms with Crippen LogP contribution in [0.4, 0.5) is 5.69 Å². The van der Waals surface area contributed by atoms with Gasteiger partial charge in [-0.3, -0.25) is 4.79 Å². The van der Waals surface area contributed by atoms with Gasteiger partial charge in [-0.25, -0.2) is 0 Å². The van der Waals surface area contributed by atoms with Crippen molar-refractivity contribution < 1.29 is 9.90 Å². The summed E-state index contributed by atoms with van der Waals surface area (Å²) in [5.74, 6) is -0.979. The number of carbonyl (C=O) groups is 1. The molecule has 0 spiro atoms. The van der Waals surface area contributed by atoms with Crippen molar-refractivity contribution in [1.29, 1.82) is 0 Å². The number of benzene rings is 1. The first-order valence-electron chi connectivity index (χ1n) is 4.36. The summed E-state index contributed by atoms with van der Waals surface area (Å²) < 4.78 is 0. The maximum absolute atomic E-state index is 10.5. The molecule has 0 aromatic heterocycles. The number of likely N-dealkylation sites (N-methyl/N-ethyl adjacent to an activating group) is 1. The lowest BCUT2D eigenvalue weighted by molar-refractivity contribution is -0.138. The van der Waals surface area contributed by atoms with Gasteiger partial charge in [-0.05, 0) is 12.1 Å². The first-order valence-corrected chi connectivity index (χ1v) is 4.36. The zero-order valence-electron chi connectivity index (χ0n) is 8.05. The fourth-order valence-corrected chi connectivity index (χ4v) is 1.16. The lowest BCUT2D eigenvalue weighted by Gasteiger charge is -2.21. The molecule has 1 aromatic rings. The molecule has 3 N–H and O–H groups in total. The first-order chi connectivity index (χ1) is 6.61.